The van der Waals surface area contributed by atoms with Crippen LogP contribution in [0.5, 0.6) is 0 Å². The molecule has 0 aromatic rings. The summed E-state index contributed by atoms with van der Waals surface area (Å²) in [5.41, 5.74) is 0. The second kappa shape index (κ2) is 60.4. The van der Waals surface area contributed by atoms with Crippen molar-refractivity contribution in [2.75, 3.05) is 19.8 Å². The second-order valence-electron chi connectivity index (χ2n) is 19.9. The van der Waals surface area contributed by atoms with E-state index in [1.807, 2.05) is 0 Å². The van der Waals surface area contributed by atoms with Crippen LogP contribution in [0.15, 0.2) is 85.1 Å². The fraction of sp³-hybridized carbons (Fsp3) is 0.754. The Morgan fingerprint density at radius 1 is 0.329 bits per heavy atom. The molecule has 0 saturated heterocycles. The smallest absolute Gasteiger partial charge is 0.306 e. The van der Waals surface area contributed by atoms with Gasteiger partial charge in [0.05, 0.1) is 6.61 Å². The van der Waals surface area contributed by atoms with Crippen LogP contribution in [0.1, 0.15) is 290 Å². The van der Waals surface area contributed by atoms with E-state index in [0.29, 0.717) is 19.4 Å². The first-order valence-electron chi connectivity index (χ1n) is 30.1. The highest BCUT2D eigenvalue weighted by Gasteiger charge is 2.17. The van der Waals surface area contributed by atoms with Crippen molar-refractivity contribution < 1.29 is 23.8 Å². The molecule has 0 fully saturated rings. The lowest BCUT2D eigenvalue weighted by atomic mass is 10.1. The lowest BCUT2D eigenvalue weighted by Gasteiger charge is -2.18. The number of esters is 2. The summed E-state index contributed by atoms with van der Waals surface area (Å²) >= 11 is 0. The Bertz CT molecular complexity index is 1290. The molecule has 0 aromatic heterocycles. The Balaban J connectivity index is 4.35. The highest BCUT2D eigenvalue weighted by atomic mass is 16.6. The highest BCUT2D eigenvalue weighted by Crippen LogP contribution is 2.15. The third-order valence-electron chi connectivity index (χ3n) is 12.9. The van der Waals surface area contributed by atoms with E-state index >= 15 is 0 Å². The van der Waals surface area contributed by atoms with E-state index in [2.05, 4.69) is 106 Å². The van der Waals surface area contributed by atoms with Crippen LogP contribution in [-0.2, 0) is 23.8 Å². The van der Waals surface area contributed by atoms with Gasteiger partial charge >= 0.3 is 11.9 Å². The minimum Gasteiger partial charge on any atom is -0.462 e. The van der Waals surface area contributed by atoms with Crippen LogP contribution >= 0.6 is 0 Å². The van der Waals surface area contributed by atoms with Gasteiger partial charge in [0.15, 0.2) is 6.10 Å². The van der Waals surface area contributed by atoms with Crippen LogP contribution in [0.25, 0.3) is 0 Å². The van der Waals surface area contributed by atoms with Crippen molar-refractivity contribution >= 4 is 11.9 Å². The normalized spacial score (nSPS) is 12.8. The molecule has 0 heterocycles. The summed E-state index contributed by atoms with van der Waals surface area (Å²) in [4.78, 5) is 25.6. The Hall–Kier alpha value is -2.92. The van der Waals surface area contributed by atoms with Crippen LogP contribution in [0.2, 0.25) is 0 Å². The average molecular weight is 976 g/mol. The molecule has 404 valence electrons. The van der Waals surface area contributed by atoms with Crippen LogP contribution in [0.4, 0.5) is 0 Å². The molecule has 0 aromatic carbocycles. The van der Waals surface area contributed by atoms with Crippen LogP contribution < -0.4 is 0 Å². The molecule has 0 aliphatic rings. The second-order valence-corrected chi connectivity index (χ2v) is 19.9. The fourth-order valence-electron chi connectivity index (χ4n) is 8.41. The molecule has 0 rings (SSSR count). The zero-order valence-corrected chi connectivity index (χ0v) is 46.5. The summed E-state index contributed by atoms with van der Waals surface area (Å²) in [7, 11) is 0. The summed E-state index contributed by atoms with van der Waals surface area (Å²) in [5.74, 6) is -0.415. The van der Waals surface area contributed by atoms with Gasteiger partial charge in [0.1, 0.15) is 6.61 Å². The molecule has 0 aliphatic heterocycles. The Morgan fingerprint density at radius 3 is 1.04 bits per heavy atom. The predicted molar refractivity (Wildman–Crippen MR) is 307 cm³/mol. The number of unbranched alkanes of at least 4 members (excludes halogenated alkanes) is 30. The number of carbonyl (C=O) groups excluding carboxylic acids is 2. The monoisotopic (exact) mass is 975 g/mol. The molecule has 5 heteroatoms. The Kier molecular flexibility index (Phi) is 57.9. The summed E-state index contributed by atoms with van der Waals surface area (Å²) in [6.45, 7) is 7.67. The lowest BCUT2D eigenvalue weighted by Crippen LogP contribution is -2.30. The van der Waals surface area contributed by atoms with Gasteiger partial charge in [-0.2, -0.15) is 0 Å². The molecule has 0 spiro atoms. The van der Waals surface area contributed by atoms with Gasteiger partial charge in [-0.25, -0.2) is 0 Å². The Morgan fingerprint density at radius 2 is 0.643 bits per heavy atom. The minimum absolute atomic E-state index is 0.0689. The maximum atomic E-state index is 12.9. The maximum absolute atomic E-state index is 12.9. The molecule has 0 aliphatic carbocycles. The summed E-state index contributed by atoms with van der Waals surface area (Å²) in [6.07, 6.45) is 80.4. The molecule has 0 N–H and O–H groups in total. The van der Waals surface area contributed by atoms with Crippen LogP contribution in [0.3, 0.4) is 0 Å². The number of rotatable bonds is 55. The van der Waals surface area contributed by atoms with Gasteiger partial charge in [-0.3, -0.25) is 9.59 Å². The average Bonchev–Trinajstić information content (AvgIpc) is 3.36. The van der Waals surface area contributed by atoms with Crippen molar-refractivity contribution in [1.82, 2.24) is 0 Å². The number of carbonyl (C=O) groups is 2. The number of hydrogen-bond acceptors (Lipinski definition) is 5. The molecule has 1 unspecified atom stereocenters. The van der Waals surface area contributed by atoms with E-state index in [4.69, 9.17) is 14.2 Å². The van der Waals surface area contributed by atoms with E-state index in [1.54, 1.807) is 0 Å². The highest BCUT2D eigenvalue weighted by molar-refractivity contribution is 5.70. The van der Waals surface area contributed by atoms with Gasteiger partial charge in [-0.05, 0) is 116 Å². The van der Waals surface area contributed by atoms with Crippen LogP contribution in [0, 0.1) is 0 Å². The van der Waals surface area contributed by atoms with Gasteiger partial charge < -0.3 is 14.2 Å². The van der Waals surface area contributed by atoms with Crippen molar-refractivity contribution in [1.29, 1.82) is 0 Å². The lowest BCUT2D eigenvalue weighted by molar-refractivity contribution is -0.163. The molecular formula is C65H114O5. The quantitative estimate of drug-likeness (QED) is 0.0345. The van der Waals surface area contributed by atoms with Gasteiger partial charge in [0.25, 0.3) is 0 Å². The Labute approximate surface area is 435 Å². The minimum atomic E-state index is -0.558. The molecule has 0 saturated carbocycles. The third kappa shape index (κ3) is 57.7. The standard InChI is InChI=1S/C65H114O5/c1-4-7-10-13-16-19-22-25-28-31-32-33-36-39-42-45-48-51-54-57-60-68-61-63(70-65(67)59-56-53-50-47-44-41-38-35-30-27-24-21-18-15-12-9-6-3)62-69-64(66)58-55-52-49-46-43-40-37-34-29-26-23-20-17-14-11-8-5-2/h7,10,16,19,25-30,32-33,39,42,63H,4-6,8-9,11-15,17-18,20-24,31,34-38,40-41,43-62H2,1-3H3/b10-7-,19-16-,28-25-,29-26-,30-27-,33-32-,42-39-. The van der Waals surface area contributed by atoms with Crippen molar-refractivity contribution in [3.05, 3.63) is 85.1 Å². The van der Waals surface area contributed by atoms with E-state index in [-0.39, 0.29) is 25.2 Å². The van der Waals surface area contributed by atoms with E-state index < -0.39 is 6.10 Å². The molecule has 0 amide bonds. The number of ether oxygens (including phenoxy) is 3. The van der Waals surface area contributed by atoms with Crippen molar-refractivity contribution in [3.63, 3.8) is 0 Å². The summed E-state index contributed by atoms with van der Waals surface area (Å²) in [6, 6.07) is 0. The first-order chi connectivity index (χ1) is 34.6. The maximum Gasteiger partial charge on any atom is 0.306 e. The molecule has 0 bridgehead atoms. The van der Waals surface area contributed by atoms with Gasteiger partial charge in [0, 0.05) is 19.4 Å². The molecule has 0 radical (unpaired) electrons. The topological polar surface area (TPSA) is 61.8 Å². The van der Waals surface area contributed by atoms with Gasteiger partial charge in [-0.1, -0.05) is 247 Å². The van der Waals surface area contributed by atoms with Crippen LogP contribution in [-0.4, -0.2) is 37.9 Å². The first-order valence-corrected chi connectivity index (χ1v) is 30.1. The predicted octanol–water partition coefficient (Wildman–Crippen LogP) is 20.8. The van der Waals surface area contributed by atoms with Crippen molar-refractivity contribution in [3.8, 4) is 0 Å². The SMILES string of the molecule is CC/C=C\C/C=C\C/C=C\C/C=C\C/C=C\CCCCCCOCC(COC(=O)CCCCCCCCC/C=C\CCCCCCCC)OC(=O)CCCCCCCCC/C=C\CCCCCCCC. The first kappa shape index (κ1) is 67.1. The van der Waals surface area contributed by atoms with E-state index in [1.165, 1.54) is 167 Å². The molecule has 5 nitrogen and oxygen atoms in total. The fourth-order valence-corrected chi connectivity index (χ4v) is 8.41. The number of allylic oxidation sites excluding steroid dienone is 14. The zero-order chi connectivity index (χ0) is 50.6. The number of hydrogen-bond donors (Lipinski definition) is 0. The zero-order valence-electron chi connectivity index (χ0n) is 46.5. The van der Waals surface area contributed by atoms with Crippen molar-refractivity contribution in [2.45, 2.75) is 297 Å². The molecule has 1 atom stereocenters. The van der Waals surface area contributed by atoms with Gasteiger partial charge in [-0.15, -0.1) is 0 Å². The van der Waals surface area contributed by atoms with E-state index in [0.717, 1.165) is 89.9 Å². The molecule has 70 heavy (non-hydrogen) atoms. The van der Waals surface area contributed by atoms with Crippen molar-refractivity contribution in [2.24, 2.45) is 0 Å². The largest absolute Gasteiger partial charge is 0.462 e. The summed E-state index contributed by atoms with van der Waals surface area (Å²) in [5, 5.41) is 0. The molecular weight excluding hydrogens is 861 g/mol. The third-order valence-corrected chi connectivity index (χ3v) is 12.9. The summed E-state index contributed by atoms with van der Waals surface area (Å²) < 4.78 is 17.5. The van der Waals surface area contributed by atoms with E-state index in [9.17, 15) is 9.59 Å². The van der Waals surface area contributed by atoms with Gasteiger partial charge in [0.2, 0.25) is 0 Å².